The quantitative estimate of drug-likeness (QED) is 0.237. The van der Waals surface area contributed by atoms with Gasteiger partial charge in [-0.3, -0.25) is 4.79 Å². The van der Waals surface area contributed by atoms with Crippen molar-refractivity contribution in [2.75, 3.05) is 49.1 Å². The predicted molar refractivity (Wildman–Crippen MR) is 160 cm³/mol. The third kappa shape index (κ3) is 6.20. The highest BCUT2D eigenvalue weighted by molar-refractivity contribution is 6.36. The van der Waals surface area contributed by atoms with Crippen LogP contribution in [0.3, 0.4) is 0 Å². The minimum Gasteiger partial charge on any atom is -0.463 e. The Balaban J connectivity index is 1.51. The fourth-order valence-electron chi connectivity index (χ4n) is 5.55. The second kappa shape index (κ2) is 12.7. The Hall–Kier alpha value is -4.04. The van der Waals surface area contributed by atoms with E-state index in [-0.39, 0.29) is 37.3 Å². The van der Waals surface area contributed by atoms with Gasteiger partial charge in [-0.25, -0.2) is 19.7 Å². The van der Waals surface area contributed by atoms with E-state index in [0.29, 0.717) is 43.0 Å². The largest absolute Gasteiger partial charge is 0.463 e. The lowest BCUT2D eigenvalue weighted by molar-refractivity contribution is -0.131. The van der Waals surface area contributed by atoms with Gasteiger partial charge in [-0.05, 0) is 30.9 Å². The zero-order valence-corrected chi connectivity index (χ0v) is 24.8. The Kier molecular flexibility index (Phi) is 8.97. The number of hydrogen-bond acceptors (Lipinski definition) is 6. The van der Waals surface area contributed by atoms with Gasteiger partial charge in [0.25, 0.3) is 5.91 Å². The van der Waals surface area contributed by atoms with Crippen molar-refractivity contribution in [1.29, 1.82) is 0 Å². The van der Waals surface area contributed by atoms with Crippen molar-refractivity contribution in [3.05, 3.63) is 76.3 Å². The Morgan fingerprint density at radius 3 is 2.72 bits per heavy atom. The molecule has 5 rings (SSSR count). The first-order chi connectivity index (χ1) is 20.6. The molecule has 0 bridgehead atoms. The third-order valence-corrected chi connectivity index (χ3v) is 8.48. The van der Waals surface area contributed by atoms with Crippen LogP contribution in [0.1, 0.15) is 25.1 Å². The SMILES string of the molecule is [C-]#[N+]C[C@H]1CN(c2nc(OCC(C)C(C)F)nc3c2CCN(c2cccc4ccc(F)c(Cl)c24)C3)CCN1C(=O)C(=C)F. The second-order valence-electron chi connectivity index (χ2n) is 11.0. The van der Waals surface area contributed by atoms with Crippen molar-refractivity contribution < 1.29 is 22.7 Å². The van der Waals surface area contributed by atoms with Gasteiger partial charge >= 0.3 is 6.01 Å². The first kappa shape index (κ1) is 30.4. The van der Waals surface area contributed by atoms with Gasteiger partial charge in [0.15, 0.2) is 5.83 Å². The molecule has 43 heavy (non-hydrogen) atoms. The number of carbonyl (C=O) groups excluding carboxylic acids is 1. The summed E-state index contributed by atoms with van der Waals surface area (Å²) in [4.78, 5) is 30.7. The molecule has 2 aliphatic rings. The van der Waals surface area contributed by atoms with Crippen LogP contribution in [0.4, 0.5) is 24.7 Å². The monoisotopic (exact) mass is 612 g/mol. The molecule has 2 aliphatic heterocycles. The van der Waals surface area contributed by atoms with Crippen LogP contribution in [-0.2, 0) is 17.8 Å². The first-order valence-electron chi connectivity index (χ1n) is 14.1. The number of nitrogens with zero attached hydrogens (tertiary/aromatic N) is 6. The van der Waals surface area contributed by atoms with Crippen molar-refractivity contribution in [3.8, 4) is 6.01 Å². The standard InChI is InChI=1S/C31H32ClF3N6O2/c1-18(19(2)33)17-43-31-37-25-16-39(26-7-5-6-21-8-9-24(35)28(32)27(21)26)11-10-23(25)29(38-31)40-12-13-41(30(42)20(3)34)22(15-40)14-36-4/h5-9,18-19,22H,3,10-17H2,1-2H3/t18?,19?,22-/m0/s1. The molecule has 2 unspecified atom stereocenters. The molecule has 1 amide bonds. The van der Waals surface area contributed by atoms with Gasteiger partial charge in [-0.1, -0.05) is 43.3 Å². The van der Waals surface area contributed by atoms with E-state index in [9.17, 15) is 18.0 Å². The average molecular weight is 613 g/mol. The first-order valence-corrected chi connectivity index (χ1v) is 14.5. The van der Waals surface area contributed by atoms with Crippen LogP contribution in [0.15, 0.2) is 42.7 Å². The fourth-order valence-corrected chi connectivity index (χ4v) is 5.81. The van der Waals surface area contributed by atoms with Crippen LogP contribution < -0.4 is 14.5 Å². The lowest BCUT2D eigenvalue weighted by Gasteiger charge is -2.41. The maximum Gasteiger partial charge on any atom is 0.318 e. The predicted octanol–water partition coefficient (Wildman–Crippen LogP) is 5.78. The van der Waals surface area contributed by atoms with Crippen molar-refractivity contribution in [3.63, 3.8) is 0 Å². The average Bonchev–Trinajstić information content (AvgIpc) is 3.00. The Morgan fingerprint density at radius 1 is 1.21 bits per heavy atom. The van der Waals surface area contributed by atoms with Crippen molar-refractivity contribution in [2.24, 2.45) is 5.92 Å². The van der Waals surface area contributed by atoms with E-state index < -0.39 is 35.7 Å². The van der Waals surface area contributed by atoms with Gasteiger partial charge in [0.2, 0.25) is 6.54 Å². The number of benzene rings is 2. The van der Waals surface area contributed by atoms with Gasteiger partial charge in [0.1, 0.15) is 23.8 Å². The number of alkyl halides is 1. The molecular weight excluding hydrogens is 581 g/mol. The van der Waals surface area contributed by atoms with Crippen molar-refractivity contribution in [1.82, 2.24) is 14.9 Å². The highest BCUT2D eigenvalue weighted by Gasteiger charge is 2.36. The molecule has 0 saturated carbocycles. The summed E-state index contributed by atoms with van der Waals surface area (Å²) in [6, 6.07) is 8.23. The lowest BCUT2D eigenvalue weighted by atomic mass is 10.0. The summed E-state index contributed by atoms with van der Waals surface area (Å²) < 4.78 is 48.0. The minimum absolute atomic E-state index is 0.00969. The van der Waals surface area contributed by atoms with E-state index in [0.717, 1.165) is 16.6 Å². The molecule has 3 heterocycles. The van der Waals surface area contributed by atoms with Gasteiger partial charge < -0.3 is 24.3 Å². The molecule has 0 radical (unpaired) electrons. The van der Waals surface area contributed by atoms with Crippen LogP contribution in [-0.4, -0.2) is 72.3 Å². The van der Waals surface area contributed by atoms with Crippen LogP contribution in [0.25, 0.3) is 15.6 Å². The number of anilines is 2. The van der Waals surface area contributed by atoms with Crippen molar-refractivity contribution in [2.45, 2.75) is 39.0 Å². The number of ether oxygens (including phenoxy) is 1. The Bertz CT molecular complexity index is 1600. The van der Waals surface area contributed by atoms with Gasteiger partial charge in [-0.2, -0.15) is 9.97 Å². The normalized spacial score (nSPS) is 18.2. The number of hydrogen-bond donors (Lipinski definition) is 0. The molecule has 1 fully saturated rings. The molecule has 0 spiro atoms. The van der Waals surface area contributed by atoms with E-state index in [1.807, 2.05) is 23.1 Å². The number of halogens is 4. The fraction of sp³-hybridized carbons (Fsp3) is 0.419. The number of carbonyl (C=O) groups is 1. The highest BCUT2D eigenvalue weighted by Crippen LogP contribution is 2.38. The smallest absolute Gasteiger partial charge is 0.318 e. The Labute approximate surface area is 253 Å². The zero-order chi connectivity index (χ0) is 30.8. The molecule has 2 aromatic carbocycles. The Morgan fingerprint density at radius 2 is 2.00 bits per heavy atom. The molecular formula is C31H32ClF3N6O2. The summed E-state index contributed by atoms with van der Waals surface area (Å²) in [5.74, 6) is -2.18. The second-order valence-corrected chi connectivity index (χ2v) is 11.4. The summed E-state index contributed by atoms with van der Waals surface area (Å²) in [7, 11) is 0. The molecule has 3 aromatic rings. The number of aromatic nitrogens is 2. The summed E-state index contributed by atoms with van der Waals surface area (Å²) in [5, 5.41) is 1.47. The number of fused-ring (bicyclic) bond motifs is 2. The molecule has 226 valence electrons. The summed E-state index contributed by atoms with van der Waals surface area (Å²) in [5.41, 5.74) is 2.34. The van der Waals surface area contributed by atoms with E-state index in [4.69, 9.17) is 32.9 Å². The van der Waals surface area contributed by atoms with Crippen LogP contribution in [0.5, 0.6) is 6.01 Å². The van der Waals surface area contributed by atoms with Crippen molar-refractivity contribution >= 4 is 39.8 Å². The molecule has 0 aliphatic carbocycles. The number of rotatable bonds is 8. The molecule has 1 aromatic heterocycles. The number of piperazine rings is 1. The van der Waals surface area contributed by atoms with E-state index in [1.54, 1.807) is 13.0 Å². The van der Waals surface area contributed by atoms with E-state index in [2.05, 4.69) is 16.3 Å². The van der Waals surface area contributed by atoms with E-state index in [1.165, 1.54) is 17.9 Å². The molecule has 1 saturated heterocycles. The molecule has 3 atom stereocenters. The molecule has 8 nitrogen and oxygen atoms in total. The highest BCUT2D eigenvalue weighted by atomic mass is 35.5. The maximum absolute atomic E-state index is 14.5. The number of amides is 1. The molecule has 0 N–H and O–H groups in total. The lowest BCUT2D eigenvalue weighted by Crippen LogP contribution is -2.57. The summed E-state index contributed by atoms with van der Waals surface area (Å²) in [6.45, 7) is 15.5. The topological polar surface area (TPSA) is 66.2 Å². The van der Waals surface area contributed by atoms with Crippen LogP contribution >= 0.6 is 11.6 Å². The molecule has 12 heteroatoms. The van der Waals surface area contributed by atoms with Gasteiger partial charge in [-0.15, -0.1) is 0 Å². The summed E-state index contributed by atoms with van der Waals surface area (Å²) in [6.07, 6.45) is -0.547. The van der Waals surface area contributed by atoms with Gasteiger partial charge in [0.05, 0.1) is 23.9 Å². The zero-order valence-electron chi connectivity index (χ0n) is 24.0. The van der Waals surface area contributed by atoms with Crippen LogP contribution in [0, 0.1) is 18.3 Å². The third-order valence-electron chi connectivity index (χ3n) is 8.11. The van der Waals surface area contributed by atoms with Gasteiger partial charge in [0, 0.05) is 48.7 Å². The minimum atomic E-state index is -1.09. The maximum atomic E-state index is 14.5. The van der Waals surface area contributed by atoms with Crippen LogP contribution in [0.2, 0.25) is 5.02 Å². The van der Waals surface area contributed by atoms with E-state index >= 15 is 0 Å². The summed E-state index contributed by atoms with van der Waals surface area (Å²) >= 11 is 6.43.